The lowest BCUT2D eigenvalue weighted by Crippen LogP contribution is -1.86. The number of aromatic hydroxyl groups is 1. The summed E-state index contributed by atoms with van der Waals surface area (Å²) in [6.45, 7) is 1.86. The van der Waals surface area contributed by atoms with Crippen LogP contribution >= 0.6 is 0 Å². The smallest absolute Gasteiger partial charge is 0.261 e. The Morgan fingerprint density at radius 3 is 2.80 bits per heavy atom. The summed E-state index contributed by atoms with van der Waals surface area (Å²) >= 11 is 0. The molecule has 0 saturated carbocycles. The van der Waals surface area contributed by atoms with E-state index in [4.69, 9.17) is 4.52 Å². The van der Waals surface area contributed by atoms with Gasteiger partial charge >= 0.3 is 0 Å². The summed E-state index contributed by atoms with van der Waals surface area (Å²) < 4.78 is 18.9. The first-order valence-corrected chi connectivity index (χ1v) is 6.03. The van der Waals surface area contributed by atoms with Crippen molar-refractivity contribution in [2.24, 2.45) is 0 Å². The first-order valence-electron chi connectivity index (χ1n) is 6.03. The van der Waals surface area contributed by atoms with E-state index in [1.165, 1.54) is 12.1 Å². The van der Waals surface area contributed by atoms with Gasteiger partial charge in [0.25, 0.3) is 5.89 Å². The Morgan fingerprint density at radius 1 is 1.15 bits per heavy atom. The Morgan fingerprint density at radius 2 is 2.00 bits per heavy atom. The predicted molar refractivity (Wildman–Crippen MR) is 71.5 cm³/mol. The molecule has 0 fully saturated rings. The fourth-order valence-corrected chi connectivity index (χ4v) is 1.90. The molecule has 0 bridgehead atoms. The number of aromatic nitrogens is 2. The van der Waals surface area contributed by atoms with E-state index in [-0.39, 0.29) is 17.2 Å². The highest BCUT2D eigenvalue weighted by molar-refractivity contribution is 5.61. The van der Waals surface area contributed by atoms with Crippen LogP contribution in [0, 0.1) is 12.7 Å². The van der Waals surface area contributed by atoms with Crippen molar-refractivity contribution in [1.82, 2.24) is 10.1 Å². The molecule has 2 aromatic carbocycles. The van der Waals surface area contributed by atoms with Crippen molar-refractivity contribution in [3.8, 4) is 28.6 Å². The summed E-state index contributed by atoms with van der Waals surface area (Å²) in [5.74, 6) is 0.110. The third-order valence-corrected chi connectivity index (χ3v) is 2.88. The van der Waals surface area contributed by atoms with Crippen LogP contribution < -0.4 is 0 Å². The number of benzene rings is 2. The van der Waals surface area contributed by atoms with Gasteiger partial charge in [0.2, 0.25) is 5.82 Å². The second-order valence-corrected chi connectivity index (χ2v) is 4.46. The topological polar surface area (TPSA) is 59.2 Å². The zero-order chi connectivity index (χ0) is 14.1. The minimum absolute atomic E-state index is 0.107. The molecule has 0 amide bonds. The van der Waals surface area contributed by atoms with Gasteiger partial charge in [-0.05, 0) is 31.2 Å². The monoisotopic (exact) mass is 270 g/mol. The molecule has 0 spiro atoms. The third kappa shape index (κ3) is 2.25. The summed E-state index contributed by atoms with van der Waals surface area (Å²) in [6, 6.07) is 11.2. The molecule has 0 radical (unpaired) electrons. The van der Waals surface area contributed by atoms with E-state index in [2.05, 4.69) is 10.1 Å². The number of phenolic OH excluding ortho intramolecular Hbond substituents is 1. The van der Waals surface area contributed by atoms with Gasteiger partial charge in [0.05, 0.1) is 5.56 Å². The minimum atomic E-state index is -0.415. The van der Waals surface area contributed by atoms with Gasteiger partial charge in [-0.25, -0.2) is 4.39 Å². The highest BCUT2D eigenvalue weighted by Crippen LogP contribution is 2.26. The van der Waals surface area contributed by atoms with E-state index in [0.717, 1.165) is 5.56 Å². The first-order chi connectivity index (χ1) is 9.63. The molecule has 0 unspecified atom stereocenters. The minimum Gasteiger partial charge on any atom is -0.508 e. The lowest BCUT2D eigenvalue weighted by atomic mass is 10.1. The maximum Gasteiger partial charge on any atom is 0.261 e. The second-order valence-electron chi connectivity index (χ2n) is 4.46. The van der Waals surface area contributed by atoms with Crippen molar-refractivity contribution in [3.05, 3.63) is 53.8 Å². The lowest BCUT2D eigenvalue weighted by Gasteiger charge is -1.98. The van der Waals surface area contributed by atoms with E-state index in [1.54, 1.807) is 30.3 Å². The van der Waals surface area contributed by atoms with Crippen molar-refractivity contribution < 1.29 is 14.0 Å². The van der Waals surface area contributed by atoms with Crippen LogP contribution in [0.15, 0.2) is 47.0 Å². The van der Waals surface area contributed by atoms with Gasteiger partial charge in [-0.2, -0.15) is 4.98 Å². The lowest BCUT2D eigenvalue weighted by molar-refractivity contribution is 0.429. The number of hydrogen-bond donors (Lipinski definition) is 1. The van der Waals surface area contributed by atoms with Crippen molar-refractivity contribution in [2.75, 3.05) is 0 Å². The zero-order valence-corrected chi connectivity index (χ0v) is 10.7. The fourth-order valence-electron chi connectivity index (χ4n) is 1.90. The quantitative estimate of drug-likeness (QED) is 0.773. The van der Waals surface area contributed by atoms with Crippen LogP contribution in [0.25, 0.3) is 22.8 Å². The summed E-state index contributed by atoms with van der Waals surface area (Å²) in [5.41, 5.74) is 1.77. The molecule has 0 saturated heterocycles. The molecule has 0 atom stereocenters. The van der Waals surface area contributed by atoms with Crippen LogP contribution in [0.5, 0.6) is 5.75 Å². The van der Waals surface area contributed by atoms with Gasteiger partial charge in [0, 0.05) is 5.56 Å². The van der Waals surface area contributed by atoms with Crippen LogP contribution in [0.2, 0.25) is 0 Å². The van der Waals surface area contributed by atoms with E-state index >= 15 is 0 Å². The number of rotatable bonds is 2. The average molecular weight is 270 g/mol. The molecule has 1 N–H and O–H groups in total. The molecule has 0 aliphatic heterocycles. The number of halogens is 1. The Bertz CT molecular complexity index is 768. The molecule has 3 aromatic rings. The molecular weight excluding hydrogens is 259 g/mol. The molecule has 5 heteroatoms. The average Bonchev–Trinajstić information content (AvgIpc) is 2.91. The maximum atomic E-state index is 13.8. The van der Waals surface area contributed by atoms with E-state index in [9.17, 15) is 9.50 Å². The molecular formula is C15H11FN2O2. The molecule has 1 aromatic heterocycles. The van der Waals surface area contributed by atoms with Gasteiger partial charge < -0.3 is 9.63 Å². The second kappa shape index (κ2) is 4.77. The van der Waals surface area contributed by atoms with Crippen LogP contribution in [0.1, 0.15) is 5.56 Å². The van der Waals surface area contributed by atoms with Crippen LogP contribution in [0.3, 0.4) is 0 Å². The van der Waals surface area contributed by atoms with Gasteiger partial charge in [0.1, 0.15) is 11.6 Å². The summed E-state index contributed by atoms with van der Waals surface area (Å²) in [4.78, 5) is 4.16. The van der Waals surface area contributed by atoms with Gasteiger partial charge in [-0.15, -0.1) is 0 Å². The van der Waals surface area contributed by atoms with Crippen molar-refractivity contribution in [2.45, 2.75) is 6.92 Å². The Labute approximate surface area is 114 Å². The van der Waals surface area contributed by atoms with E-state index in [0.29, 0.717) is 11.4 Å². The molecule has 3 rings (SSSR count). The Kier molecular flexibility index (Phi) is 2.95. The molecule has 1 heterocycles. The van der Waals surface area contributed by atoms with E-state index < -0.39 is 5.82 Å². The summed E-state index contributed by atoms with van der Waals surface area (Å²) in [5, 5.41) is 13.2. The van der Waals surface area contributed by atoms with Crippen LogP contribution in [0.4, 0.5) is 4.39 Å². The van der Waals surface area contributed by atoms with Gasteiger partial charge in [-0.1, -0.05) is 28.9 Å². The standard InChI is InChI=1S/C15H11FN2O2/c1-9-5-6-13(16)12(7-9)15-17-14(18-20-15)10-3-2-4-11(19)8-10/h2-8,19H,1H3. The Balaban J connectivity index is 2.04. The van der Waals surface area contributed by atoms with Crippen molar-refractivity contribution in [3.63, 3.8) is 0 Å². The van der Waals surface area contributed by atoms with Crippen molar-refractivity contribution in [1.29, 1.82) is 0 Å². The number of hydrogen-bond acceptors (Lipinski definition) is 4. The highest BCUT2D eigenvalue weighted by atomic mass is 19.1. The fraction of sp³-hybridized carbons (Fsp3) is 0.0667. The van der Waals surface area contributed by atoms with Crippen LogP contribution in [-0.4, -0.2) is 15.2 Å². The molecule has 100 valence electrons. The normalized spacial score (nSPS) is 10.7. The number of nitrogens with zero attached hydrogens (tertiary/aromatic N) is 2. The number of phenols is 1. The third-order valence-electron chi connectivity index (χ3n) is 2.88. The predicted octanol–water partition coefficient (Wildman–Crippen LogP) is 3.56. The first kappa shape index (κ1) is 12.3. The van der Waals surface area contributed by atoms with E-state index in [1.807, 2.05) is 6.92 Å². The van der Waals surface area contributed by atoms with Gasteiger partial charge in [0.15, 0.2) is 0 Å². The molecule has 0 aliphatic rings. The SMILES string of the molecule is Cc1ccc(F)c(-c2nc(-c3cccc(O)c3)no2)c1. The highest BCUT2D eigenvalue weighted by Gasteiger charge is 2.14. The largest absolute Gasteiger partial charge is 0.508 e. The summed E-state index contributed by atoms with van der Waals surface area (Å²) in [6.07, 6.45) is 0. The molecule has 4 nitrogen and oxygen atoms in total. The summed E-state index contributed by atoms with van der Waals surface area (Å²) in [7, 11) is 0. The van der Waals surface area contributed by atoms with Crippen LogP contribution in [-0.2, 0) is 0 Å². The van der Waals surface area contributed by atoms with Gasteiger partial charge in [-0.3, -0.25) is 0 Å². The number of aryl methyl sites for hydroxylation is 1. The van der Waals surface area contributed by atoms with Crippen molar-refractivity contribution >= 4 is 0 Å². The Hall–Kier alpha value is -2.69. The maximum absolute atomic E-state index is 13.8. The zero-order valence-electron chi connectivity index (χ0n) is 10.7. The molecule has 20 heavy (non-hydrogen) atoms. The molecule has 0 aliphatic carbocycles.